The number of aromatic nitrogens is 2. The number of carbonyl (C=O) groups is 1. The van der Waals surface area contributed by atoms with Crippen LogP contribution in [0.4, 0.5) is 13.2 Å². The average Bonchev–Trinajstić information content (AvgIpc) is 3.02. The second-order valence-electron chi connectivity index (χ2n) is 6.80. The molecule has 3 aromatic rings. The zero-order chi connectivity index (χ0) is 22.8. The van der Waals surface area contributed by atoms with Crippen molar-refractivity contribution in [3.8, 4) is 17.7 Å². The minimum atomic E-state index is -4.83. The summed E-state index contributed by atoms with van der Waals surface area (Å²) >= 11 is 6.00. The van der Waals surface area contributed by atoms with Crippen LogP contribution in [-0.4, -0.2) is 34.7 Å². The van der Waals surface area contributed by atoms with Crippen LogP contribution in [0.2, 0.25) is 5.02 Å². The summed E-state index contributed by atoms with van der Waals surface area (Å²) in [6.45, 7) is 1.44. The number of alkyl halides is 3. The first kappa shape index (κ1) is 22.2. The van der Waals surface area contributed by atoms with E-state index in [1.54, 1.807) is 18.2 Å². The van der Waals surface area contributed by atoms with Crippen molar-refractivity contribution in [1.82, 2.24) is 15.1 Å². The van der Waals surface area contributed by atoms with E-state index >= 15 is 0 Å². The first-order chi connectivity index (χ1) is 14.5. The third-order valence-electron chi connectivity index (χ3n) is 4.30. The van der Waals surface area contributed by atoms with E-state index in [9.17, 15) is 23.2 Å². The lowest BCUT2D eigenvalue weighted by Crippen LogP contribution is -2.48. The predicted molar refractivity (Wildman–Crippen MR) is 106 cm³/mol. The van der Waals surface area contributed by atoms with Crippen LogP contribution < -0.4 is 14.8 Å². The molecule has 0 spiro atoms. The highest BCUT2D eigenvalue weighted by Gasteiger charge is 2.32. The monoisotopic (exact) mass is 452 g/mol. The molecule has 162 valence electrons. The van der Waals surface area contributed by atoms with Gasteiger partial charge in [0.05, 0.1) is 30.6 Å². The lowest BCUT2D eigenvalue weighted by atomic mass is 10.0. The number of rotatable bonds is 6. The van der Waals surface area contributed by atoms with Gasteiger partial charge in [-0.1, -0.05) is 11.6 Å². The van der Waals surface area contributed by atoms with Crippen molar-refractivity contribution >= 4 is 28.4 Å². The van der Waals surface area contributed by atoms with Crippen molar-refractivity contribution in [2.24, 2.45) is 0 Å². The van der Waals surface area contributed by atoms with Gasteiger partial charge < -0.3 is 14.8 Å². The molecular weight excluding hydrogens is 437 g/mol. The second-order valence-corrected chi connectivity index (χ2v) is 7.24. The highest BCUT2D eigenvalue weighted by molar-refractivity contribution is 6.31. The number of carbonyl (C=O) groups excluding carboxylic acids is 1. The Morgan fingerprint density at radius 3 is 2.52 bits per heavy atom. The van der Waals surface area contributed by atoms with E-state index in [-0.39, 0.29) is 12.1 Å². The molecule has 7 nitrogen and oxygen atoms in total. The summed E-state index contributed by atoms with van der Waals surface area (Å²) in [7, 11) is 1.45. The molecule has 1 aromatic heterocycles. The summed E-state index contributed by atoms with van der Waals surface area (Å²) in [4.78, 5) is 12.6. The van der Waals surface area contributed by atoms with Crippen LogP contribution in [0.3, 0.4) is 0 Å². The van der Waals surface area contributed by atoms with E-state index in [2.05, 4.69) is 15.2 Å². The molecule has 0 saturated carbocycles. The van der Waals surface area contributed by atoms with Gasteiger partial charge in [-0.3, -0.25) is 4.79 Å². The summed E-state index contributed by atoms with van der Waals surface area (Å²) in [5.41, 5.74) is -0.797. The molecule has 1 amide bonds. The van der Waals surface area contributed by atoms with Gasteiger partial charge in [-0.25, -0.2) is 4.68 Å². The number of fused-ring (bicyclic) bond motifs is 1. The highest BCUT2D eigenvalue weighted by atomic mass is 35.5. The summed E-state index contributed by atoms with van der Waals surface area (Å²) in [5.74, 6) is -0.726. The molecule has 0 aliphatic rings. The van der Waals surface area contributed by atoms with Gasteiger partial charge in [0.15, 0.2) is 0 Å². The largest absolute Gasteiger partial charge is 0.573 e. The number of hydrogen-bond acceptors (Lipinski definition) is 5. The Kier molecular flexibility index (Phi) is 5.99. The molecule has 1 N–H and O–H groups in total. The number of hydrogen-bond donors (Lipinski definition) is 1. The normalized spacial score (nSPS) is 13.3. The molecular formula is C20H16ClF3N4O3. The van der Waals surface area contributed by atoms with Crippen molar-refractivity contribution in [2.75, 3.05) is 7.11 Å². The van der Waals surface area contributed by atoms with Crippen LogP contribution >= 0.6 is 11.6 Å². The van der Waals surface area contributed by atoms with Crippen LogP contribution in [0.15, 0.2) is 42.5 Å². The van der Waals surface area contributed by atoms with E-state index in [0.29, 0.717) is 21.8 Å². The maximum atomic E-state index is 12.6. The fraction of sp³-hybridized carbons (Fsp3) is 0.250. The average molecular weight is 453 g/mol. The maximum absolute atomic E-state index is 12.6. The Morgan fingerprint density at radius 2 is 1.94 bits per heavy atom. The van der Waals surface area contributed by atoms with Crippen molar-refractivity contribution in [3.63, 3.8) is 0 Å². The fourth-order valence-electron chi connectivity index (χ4n) is 2.94. The molecule has 0 saturated heterocycles. The van der Waals surface area contributed by atoms with Crippen LogP contribution in [0.25, 0.3) is 10.9 Å². The smallest absolute Gasteiger partial charge is 0.481 e. The minimum absolute atomic E-state index is 0.0556. The number of amides is 1. The Labute approximate surface area is 179 Å². The number of methoxy groups -OCH3 is 1. The van der Waals surface area contributed by atoms with E-state index in [1.807, 2.05) is 6.07 Å². The van der Waals surface area contributed by atoms with Gasteiger partial charge >= 0.3 is 6.36 Å². The van der Waals surface area contributed by atoms with E-state index < -0.39 is 23.6 Å². The zero-order valence-electron chi connectivity index (χ0n) is 16.3. The third-order valence-corrected chi connectivity index (χ3v) is 4.53. The van der Waals surface area contributed by atoms with Gasteiger partial charge in [0.2, 0.25) is 5.88 Å². The first-order valence-corrected chi connectivity index (χ1v) is 9.21. The number of nitrogens with one attached hydrogen (secondary N) is 1. The van der Waals surface area contributed by atoms with Crippen molar-refractivity contribution < 1.29 is 27.4 Å². The molecule has 11 heteroatoms. The summed E-state index contributed by atoms with van der Waals surface area (Å²) in [5, 5.41) is 17.8. The van der Waals surface area contributed by atoms with E-state index in [0.717, 1.165) is 12.1 Å². The SMILES string of the molecule is COc1c2ccc(Cl)cc2nn1CC(C)(C#N)NC(=O)c1ccc(OC(F)(F)F)cc1. The van der Waals surface area contributed by atoms with Crippen LogP contribution in [0.1, 0.15) is 17.3 Å². The Hall–Kier alpha value is -3.45. The quantitative estimate of drug-likeness (QED) is 0.602. The molecule has 1 heterocycles. The minimum Gasteiger partial charge on any atom is -0.481 e. The third kappa shape index (κ3) is 5.19. The summed E-state index contributed by atoms with van der Waals surface area (Å²) < 4.78 is 47.4. The van der Waals surface area contributed by atoms with Crippen molar-refractivity contribution in [2.45, 2.75) is 25.4 Å². The molecule has 0 aliphatic carbocycles. The van der Waals surface area contributed by atoms with Gasteiger partial charge in [0.25, 0.3) is 5.91 Å². The lowest BCUT2D eigenvalue weighted by Gasteiger charge is -2.24. The van der Waals surface area contributed by atoms with Gasteiger partial charge in [-0.2, -0.15) is 10.4 Å². The number of nitriles is 1. The Bertz CT molecular complexity index is 1160. The van der Waals surface area contributed by atoms with Gasteiger partial charge in [0.1, 0.15) is 11.3 Å². The van der Waals surface area contributed by atoms with Crippen molar-refractivity contribution in [3.05, 3.63) is 53.1 Å². The van der Waals surface area contributed by atoms with Gasteiger partial charge in [-0.15, -0.1) is 13.2 Å². The molecule has 0 radical (unpaired) electrons. The predicted octanol–water partition coefficient (Wildman–Crippen LogP) is 4.31. The highest BCUT2D eigenvalue weighted by Crippen LogP contribution is 2.29. The number of halogens is 4. The molecule has 0 fully saturated rings. The molecule has 0 aliphatic heterocycles. The Balaban J connectivity index is 1.80. The summed E-state index contributed by atoms with van der Waals surface area (Å²) in [6, 6.07) is 11.4. The second kappa shape index (κ2) is 8.35. The Morgan fingerprint density at radius 1 is 1.26 bits per heavy atom. The lowest BCUT2D eigenvalue weighted by molar-refractivity contribution is -0.274. The van der Waals surface area contributed by atoms with E-state index in [1.165, 1.54) is 30.8 Å². The van der Waals surface area contributed by atoms with Crippen molar-refractivity contribution in [1.29, 1.82) is 5.26 Å². The van der Waals surface area contributed by atoms with Crippen LogP contribution in [0, 0.1) is 11.3 Å². The standard InChI is InChI=1S/C20H16ClF3N4O3/c1-19(10-25,11-28-18(30-2)15-8-5-13(21)9-16(15)27-28)26-17(29)12-3-6-14(7-4-12)31-20(22,23)24/h3-9H,11H2,1-2H3,(H,26,29). The summed E-state index contributed by atoms with van der Waals surface area (Å²) in [6.07, 6.45) is -4.83. The van der Waals surface area contributed by atoms with E-state index in [4.69, 9.17) is 16.3 Å². The molecule has 1 unspecified atom stereocenters. The number of nitrogens with zero attached hydrogens (tertiary/aromatic N) is 3. The van der Waals surface area contributed by atoms with Gasteiger partial charge in [0, 0.05) is 10.6 Å². The molecule has 0 bridgehead atoms. The molecule has 2 aromatic carbocycles. The topological polar surface area (TPSA) is 89.2 Å². The van der Waals surface area contributed by atoms with Crippen LogP contribution in [-0.2, 0) is 6.54 Å². The molecule has 3 rings (SSSR count). The van der Waals surface area contributed by atoms with Crippen LogP contribution in [0.5, 0.6) is 11.6 Å². The zero-order valence-corrected chi connectivity index (χ0v) is 17.1. The number of benzene rings is 2. The first-order valence-electron chi connectivity index (χ1n) is 8.83. The number of ether oxygens (including phenoxy) is 2. The van der Waals surface area contributed by atoms with Gasteiger partial charge in [-0.05, 0) is 49.4 Å². The maximum Gasteiger partial charge on any atom is 0.573 e. The fourth-order valence-corrected chi connectivity index (χ4v) is 3.10. The molecule has 1 atom stereocenters. The molecule has 31 heavy (non-hydrogen) atoms.